The maximum absolute atomic E-state index is 13.6. The molecule has 2 atom stereocenters. The van der Waals surface area contributed by atoms with E-state index >= 15 is 0 Å². The van der Waals surface area contributed by atoms with Gasteiger partial charge in [0, 0.05) is 43.3 Å². The lowest BCUT2D eigenvalue weighted by Crippen LogP contribution is -2.36. The van der Waals surface area contributed by atoms with E-state index in [1.807, 2.05) is 37.3 Å². The summed E-state index contributed by atoms with van der Waals surface area (Å²) >= 11 is 0. The minimum atomic E-state index is -0.586. The summed E-state index contributed by atoms with van der Waals surface area (Å²) in [5.41, 5.74) is 4.33. The Morgan fingerprint density at radius 3 is 2.34 bits per heavy atom. The lowest BCUT2D eigenvalue weighted by molar-refractivity contribution is -0.140. The molecule has 4 rings (SSSR count). The molecule has 0 fully saturated rings. The molecule has 2 aromatic carbocycles. The fraction of sp³-hybridized carbons (Fsp3) is 0.321. The van der Waals surface area contributed by atoms with Crippen molar-refractivity contribution in [2.75, 3.05) is 20.3 Å². The van der Waals surface area contributed by atoms with Crippen molar-refractivity contribution in [3.8, 4) is 5.75 Å². The van der Waals surface area contributed by atoms with Crippen molar-refractivity contribution >= 4 is 17.7 Å². The van der Waals surface area contributed by atoms with E-state index in [9.17, 15) is 14.4 Å². The Morgan fingerprint density at radius 1 is 0.971 bits per heavy atom. The van der Waals surface area contributed by atoms with Gasteiger partial charge in [0.25, 0.3) is 0 Å². The number of ketones is 1. The smallest absolute Gasteiger partial charge is 0.336 e. The van der Waals surface area contributed by atoms with Crippen molar-refractivity contribution in [1.29, 1.82) is 0 Å². The van der Waals surface area contributed by atoms with Gasteiger partial charge in [-0.1, -0.05) is 42.5 Å². The van der Waals surface area contributed by atoms with Crippen LogP contribution < -0.4 is 10.1 Å². The van der Waals surface area contributed by atoms with Gasteiger partial charge in [0.15, 0.2) is 5.78 Å². The lowest BCUT2D eigenvalue weighted by atomic mass is 9.72. The Balaban J connectivity index is 1.73. The highest BCUT2D eigenvalue weighted by molar-refractivity contribution is 6.04. The van der Waals surface area contributed by atoms with Crippen LogP contribution in [-0.2, 0) is 23.9 Å². The van der Waals surface area contributed by atoms with Gasteiger partial charge in [-0.15, -0.1) is 0 Å². The van der Waals surface area contributed by atoms with Crippen LogP contribution in [0.15, 0.2) is 77.1 Å². The average molecular weight is 476 g/mol. The number of dihydropyridines is 1. The summed E-state index contributed by atoms with van der Waals surface area (Å²) in [5.74, 6) is -1.05. The van der Waals surface area contributed by atoms with Gasteiger partial charge in [0.05, 0.1) is 12.2 Å². The van der Waals surface area contributed by atoms with Crippen LogP contribution in [0, 0.1) is 0 Å². The Morgan fingerprint density at radius 2 is 1.69 bits per heavy atom. The maximum atomic E-state index is 13.6. The van der Waals surface area contributed by atoms with Crippen LogP contribution >= 0.6 is 0 Å². The van der Waals surface area contributed by atoms with Crippen LogP contribution in [0.4, 0.5) is 0 Å². The number of hydrogen-bond acceptors (Lipinski definition) is 7. The molecule has 0 amide bonds. The Kier molecular flexibility index (Phi) is 7.46. The van der Waals surface area contributed by atoms with Crippen molar-refractivity contribution in [3.05, 3.63) is 88.3 Å². The van der Waals surface area contributed by atoms with Crippen molar-refractivity contribution in [2.24, 2.45) is 0 Å². The van der Waals surface area contributed by atoms with Crippen molar-refractivity contribution < 1.29 is 28.6 Å². The van der Waals surface area contributed by atoms with Crippen LogP contribution in [-0.4, -0.2) is 38.0 Å². The first kappa shape index (κ1) is 24.4. The molecule has 1 N–H and O–H groups in total. The predicted octanol–water partition coefficient (Wildman–Crippen LogP) is 4.16. The highest BCUT2D eigenvalue weighted by atomic mass is 16.6. The zero-order valence-corrected chi connectivity index (χ0v) is 20.1. The maximum Gasteiger partial charge on any atom is 0.336 e. The molecule has 7 nitrogen and oxygen atoms in total. The Hall–Kier alpha value is -3.71. The summed E-state index contributed by atoms with van der Waals surface area (Å²) in [6.07, 6.45) is 1.02. The van der Waals surface area contributed by atoms with Gasteiger partial charge in [-0.2, -0.15) is 0 Å². The second kappa shape index (κ2) is 10.7. The number of carbonyl (C=O) groups excluding carboxylic acids is 3. The summed E-state index contributed by atoms with van der Waals surface area (Å²) in [6.45, 7) is 3.55. The number of ether oxygens (including phenoxy) is 3. The summed E-state index contributed by atoms with van der Waals surface area (Å²) in [5, 5.41) is 3.34. The van der Waals surface area contributed by atoms with Gasteiger partial charge in [0.2, 0.25) is 0 Å². The van der Waals surface area contributed by atoms with E-state index in [1.54, 1.807) is 24.3 Å². The molecule has 0 bridgehead atoms. The van der Waals surface area contributed by atoms with E-state index in [4.69, 9.17) is 14.2 Å². The first-order chi connectivity index (χ1) is 16.9. The van der Waals surface area contributed by atoms with Crippen LogP contribution in [0.1, 0.15) is 49.7 Å². The van der Waals surface area contributed by atoms with E-state index < -0.39 is 17.9 Å². The number of Topliss-reactive ketones (excluding diaryl/α,β-unsaturated/α-hetero) is 1. The molecule has 2 aliphatic rings. The molecule has 1 heterocycles. The molecule has 182 valence electrons. The molecule has 0 aromatic heterocycles. The fourth-order valence-corrected chi connectivity index (χ4v) is 4.79. The minimum Gasteiger partial charge on any atom is -0.460 e. The van der Waals surface area contributed by atoms with Crippen LogP contribution in [0.25, 0.3) is 0 Å². The highest BCUT2D eigenvalue weighted by Gasteiger charge is 2.41. The van der Waals surface area contributed by atoms with Crippen molar-refractivity contribution in [3.63, 3.8) is 0 Å². The van der Waals surface area contributed by atoms with E-state index in [0.29, 0.717) is 35.4 Å². The summed E-state index contributed by atoms with van der Waals surface area (Å²) in [4.78, 5) is 38.1. The monoisotopic (exact) mass is 475 g/mol. The number of carbonyl (C=O) groups is 3. The SMILES string of the molecule is COCCOC(=O)C1=C(C)NC2=C(C(=O)C[C@H](c3ccccc3)C2)[C@@H]1c1ccc(OC(C)=O)cc1. The third kappa shape index (κ3) is 5.35. The van der Waals surface area contributed by atoms with E-state index in [2.05, 4.69) is 5.32 Å². The third-order valence-electron chi connectivity index (χ3n) is 6.31. The molecule has 0 saturated carbocycles. The second-order valence-corrected chi connectivity index (χ2v) is 8.72. The average Bonchev–Trinajstić information content (AvgIpc) is 2.84. The van der Waals surface area contributed by atoms with Gasteiger partial charge in [-0.25, -0.2) is 4.79 Å². The largest absolute Gasteiger partial charge is 0.460 e. The summed E-state index contributed by atoms with van der Waals surface area (Å²) < 4.78 is 15.6. The number of rotatable bonds is 7. The molecule has 1 aliphatic carbocycles. The first-order valence-electron chi connectivity index (χ1n) is 11.6. The van der Waals surface area contributed by atoms with Gasteiger partial charge in [-0.05, 0) is 42.5 Å². The second-order valence-electron chi connectivity index (χ2n) is 8.72. The lowest BCUT2D eigenvalue weighted by Gasteiger charge is -2.36. The van der Waals surface area contributed by atoms with E-state index in [-0.39, 0.29) is 24.9 Å². The van der Waals surface area contributed by atoms with Crippen molar-refractivity contribution in [1.82, 2.24) is 5.32 Å². The standard InChI is InChI=1S/C28H29NO6/c1-17-25(28(32)34-14-13-33-3)26(20-9-11-22(12-10-20)35-18(2)30)27-23(29-17)15-21(16-24(27)31)19-7-5-4-6-8-19/h4-12,21,26,29H,13-16H2,1-3H3/t21-,26-/m1/s1. The molecule has 0 saturated heterocycles. The Bertz CT molecular complexity index is 1180. The van der Waals surface area contributed by atoms with Gasteiger partial charge in [-0.3, -0.25) is 9.59 Å². The minimum absolute atomic E-state index is 0.00337. The number of benzene rings is 2. The molecule has 0 spiro atoms. The van der Waals surface area contributed by atoms with Crippen LogP contribution in [0.3, 0.4) is 0 Å². The summed E-state index contributed by atoms with van der Waals surface area (Å²) in [6, 6.07) is 16.9. The van der Waals surface area contributed by atoms with Gasteiger partial charge in [0.1, 0.15) is 12.4 Å². The van der Waals surface area contributed by atoms with Crippen LogP contribution in [0.2, 0.25) is 0 Å². The topological polar surface area (TPSA) is 90.9 Å². The summed E-state index contributed by atoms with van der Waals surface area (Å²) in [7, 11) is 1.54. The zero-order valence-electron chi connectivity index (χ0n) is 20.1. The van der Waals surface area contributed by atoms with E-state index in [0.717, 1.165) is 16.8 Å². The normalized spacial score (nSPS) is 19.7. The quantitative estimate of drug-likeness (QED) is 0.365. The van der Waals surface area contributed by atoms with E-state index in [1.165, 1.54) is 14.0 Å². The molecule has 0 radical (unpaired) electrons. The number of allylic oxidation sites excluding steroid dienone is 3. The van der Waals surface area contributed by atoms with Gasteiger partial charge < -0.3 is 19.5 Å². The first-order valence-corrected chi connectivity index (χ1v) is 11.6. The molecule has 7 heteroatoms. The molecule has 0 unspecified atom stereocenters. The van der Waals surface area contributed by atoms with Gasteiger partial charge >= 0.3 is 11.9 Å². The third-order valence-corrected chi connectivity index (χ3v) is 6.31. The number of hydrogen-bond donors (Lipinski definition) is 1. The molecule has 35 heavy (non-hydrogen) atoms. The molecular weight excluding hydrogens is 446 g/mol. The number of nitrogens with one attached hydrogen (secondary N) is 1. The Labute approximate surface area is 204 Å². The fourth-order valence-electron chi connectivity index (χ4n) is 4.79. The number of methoxy groups -OCH3 is 1. The van der Waals surface area contributed by atoms with Crippen LogP contribution in [0.5, 0.6) is 5.75 Å². The highest BCUT2D eigenvalue weighted by Crippen LogP contribution is 2.45. The molecular formula is C28H29NO6. The number of esters is 2. The molecule has 2 aromatic rings. The zero-order chi connectivity index (χ0) is 24.9. The predicted molar refractivity (Wildman–Crippen MR) is 130 cm³/mol. The molecule has 1 aliphatic heterocycles. The van der Waals surface area contributed by atoms with Crippen molar-refractivity contribution in [2.45, 2.75) is 38.5 Å².